The number of aliphatic carboxylic acids is 1. The highest BCUT2D eigenvalue weighted by molar-refractivity contribution is 5.70. The van der Waals surface area contributed by atoms with Gasteiger partial charge in [0, 0.05) is 24.7 Å². The average Bonchev–Trinajstić information content (AvgIpc) is 3.08. The molecule has 0 amide bonds. The van der Waals surface area contributed by atoms with E-state index in [1.807, 2.05) is 24.3 Å². The molecule has 3 rings (SSSR count). The molecule has 0 aliphatic carbocycles. The summed E-state index contributed by atoms with van der Waals surface area (Å²) in [6, 6.07) is 12.3. The Kier molecular flexibility index (Phi) is 18.8. The Balaban J connectivity index is 1.29. The van der Waals surface area contributed by atoms with Crippen molar-refractivity contribution >= 4 is 17.8 Å². The molecule has 0 bridgehead atoms. The summed E-state index contributed by atoms with van der Waals surface area (Å²) in [5.74, 6) is 0.654. The SMILES string of the molecule is COC(=O)C[C@H](CN(C)CCCCc1ccc2c(n1)NCCC2)c1cccc(OCCOCCOCCOCCOCCC(=O)O)c1. The zero-order valence-electron chi connectivity index (χ0n) is 28.1. The van der Waals surface area contributed by atoms with E-state index in [0.29, 0.717) is 59.3 Å². The van der Waals surface area contributed by atoms with E-state index in [2.05, 4.69) is 29.4 Å². The van der Waals surface area contributed by atoms with Crippen molar-refractivity contribution in [1.29, 1.82) is 0 Å². The standard InChI is InChI=1S/C35H53N3O9/c1-38(15-4-3-9-31-12-11-28-8-6-14-36-35(28)37-31)27-30(26-34(41)42-2)29-7-5-10-32(25-29)47-24-23-46-22-21-45-20-19-44-18-17-43-16-13-33(39)40/h5,7,10-12,25,30H,3-4,6,8-9,13-24,26-27H2,1-2H3,(H,36,37)(H,39,40)/t30-/m1/s1. The first-order valence-corrected chi connectivity index (χ1v) is 16.7. The highest BCUT2D eigenvalue weighted by Gasteiger charge is 2.19. The molecular formula is C35H53N3O9. The molecular weight excluding hydrogens is 606 g/mol. The Morgan fingerprint density at radius 1 is 0.936 bits per heavy atom. The Hall–Kier alpha value is -3.29. The molecule has 0 fully saturated rings. The zero-order valence-corrected chi connectivity index (χ0v) is 28.1. The Labute approximate surface area is 279 Å². The molecule has 1 aromatic heterocycles. The number of nitrogens with zero attached hydrogens (tertiary/aromatic N) is 2. The van der Waals surface area contributed by atoms with Crippen LogP contribution in [0, 0.1) is 0 Å². The van der Waals surface area contributed by atoms with Crippen LogP contribution in [-0.4, -0.2) is 120 Å². The second-order valence-electron chi connectivity index (χ2n) is 11.6. The number of carboxylic acid groups (broad SMARTS) is 1. The summed E-state index contributed by atoms with van der Waals surface area (Å²) in [4.78, 5) is 29.8. The minimum Gasteiger partial charge on any atom is -0.491 e. The topological polar surface area (TPSA) is 138 Å². The number of ether oxygens (including phenoxy) is 6. The van der Waals surface area contributed by atoms with Crippen LogP contribution in [0.1, 0.15) is 54.8 Å². The summed E-state index contributed by atoms with van der Waals surface area (Å²) >= 11 is 0. The number of hydrogen-bond acceptors (Lipinski definition) is 11. The van der Waals surface area contributed by atoms with Gasteiger partial charge in [0.15, 0.2) is 0 Å². The molecule has 0 saturated carbocycles. The van der Waals surface area contributed by atoms with Gasteiger partial charge in [-0.3, -0.25) is 9.59 Å². The summed E-state index contributed by atoms with van der Waals surface area (Å²) < 4.78 is 32.6. The number of carboxylic acids is 1. The molecule has 0 saturated heterocycles. The first kappa shape index (κ1) is 38.2. The number of carbonyl (C=O) groups excluding carboxylic acids is 1. The van der Waals surface area contributed by atoms with Gasteiger partial charge in [-0.15, -0.1) is 0 Å². The van der Waals surface area contributed by atoms with Crippen LogP contribution in [0.3, 0.4) is 0 Å². The van der Waals surface area contributed by atoms with Gasteiger partial charge in [0.1, 0.15) is 18.2 Å². The summed E-state index contributed by atoms with van der Waals surface area (Å²) in [6.45, 7) is 6.16. The number of fused-ring (bicyclic) bond motifs is 1. The molecule has 1 aliphatic rings. The van der Waals surface area contributed by atoms with Gasteiger partial charge < -0.3 is 43.7 Å². The lowest BCUT2D eigenvalue weighted by Crippen LogP contribution is -2.27. The predicted molar refractivity (Wildman–Crippen MR) is 178 cm³/mol. The molecule has 2 aromatic rings. The van der Waals surface area contributed by atoms with Gasteiger partial charge in [-0.05, 0) is 75.0 Å². The van der Waals surface area contributed by atoms with E-state index in [-0.39, 0.29) is 24.9 Å². The van der Waals surface area contributed by atoms with Gasteiger partial charge in [-0.25, -0.2) is 4.98 Å². The third kappa shape index (κ3) is 16.4. The smallest absolute Gasteiger partial charge is 0.306 e. The van der Waals surface area contributed by atoms with Crippen molar-refractivity contribution in [2.24, 2.45) is 0 Å². The van der Waals surface area contributed by atoms with E-state index < -0.39 is 5.97 Å². The fourth-order valence-corrected chi connectivity index (χ4v) is 5.23. The van der Waals surface area contributed by atoms with E-state index in [0.717, 1.165) is 68.1 Å². The molecule has 0 spiro atoms. The number of benzene rings is 1. The number of esters is 1. The van der Waals surface area contributed by atoms with Crippen molar-refractivity contribution in [1.82, 2.24) is 9.88 Å². The molecule has 1 aliphatic heterocycles. The van der Waals surface area contributed by atoms with E-state index in [9.17, 15) is 9.59 Å². The maximum atomic E-state index is 12.3. The second kappa shape index (κ2) is 23.1. The molecule has 0 unspecified atom stereocenters. The van der Waals surface area contributed by atoms with Crippen molar-refractivity contribution in [3.8, 4) is 5.75 Å². The van der Waals surface area contributed by atoms with Crippen LogP contribution in [0.2, 0.25) is 0 Å². The van der Waals surface area contributed by atoms with Gasteiger partial charge in [-0.1, -0.05) is 18.2 Å². The number of aryl methyl sites for hydroxylation is 2. The van der Waals surface area contributed by atoms with Gasteiger partial charge in [0.05, 0.1) is 72.8 Å². The lowest BCUT2D eigenvalue weighted by atomic mass is 9.94. The number of anilines is 1. The molecule has 12 heteroatoms. The highest BCUT2D eigenvalue weighted by Crippen LogP contribution is 2.26. The largest absolute Gasteiger partial charge is 0.491 e. The van der Waals surface area contributed by atoms with Crippen LogP contribution in [0.25, 0.3) is 0 Å². The van der Waals surface area contributed by atoms with E-state index in [4.69, 9.17) is 38.5 Å². The van der Waals surface area contributed by atoms with Crippen LogP contribution in [0.5, 0.6) is 5.75 Å². The van der Waals surface area contributed by atoms with Gasteiger partial charge in [0.25, 0.3) is 0 Å². The third-order valence-electron chi connectivity index (χ3n) is 7.75. The zero-order chi connectivity index (χ0) is 33.5. The number of methoxy groups -OCH3 is 1. The van der Waals surface area contributed by atoms with Crippen molar-refractivity contribution in [3.63, 3.8) is 0 Å². The summed E-state index contributed by atoms with van der Waals surface area (Å²) in [5.41, 5.74) is 3.49. The maximum absolute atomic E-state index is 12.3. The Morgan fingerprint density at radius 3 is 2.34 bits per heavy atom. The maximum Gasteiger partial charge on any atom is 0.306 e. The Bertz CT molecular complexity index is 1180. The molecule has 2 N–H and O–H groups in total. The van der Waals surface area contributed by atoms with Crippen LogP contribution >= 0.6 is 0 Å². The minimum absolute atomic E-state index is 0.00933. The quantitative estimate of drug-likeness (QED) is 0.112. The molecule has 1 aromatic carbocycles. The monoisotopic (exact) mass is 659 g/mol. The summed E-state index contributed by atoms with van der Waals surface area (Å²) in [7, 11) is 3.53. The van der Waals surface area contributed by atoms with Crippen molar-refractivity contribution in [2.75, 3.05) is 98.6 Å². The number of nitrogens with one attached hydrogen (secondary N) is 1. The van der Waals surface area contributed by atoms with E-state index >= 15 is 0 Å². The fourth-order valence-electron chi connectivity index (χ4n) is 5.23. The number of likely N-dealkylation sites (N-methyl/N-ethyl adjacent to an activating group) is 1. The van der Waals surface area contributed by atoms with Gasteiger partial charge in [0.2, 0.25) is 0 Å². The second-order valence-corrected chi connectivity index (χ2v) is 11.6. The molecule has 262 valence electrons. The highest BCUT2D eigenvalue weighted by atomic mass is 16.6. The first-order chi connectivity index (χ1) is 22.9. The molecule has 12 nitrogen and oxygen atoms in total. The summed E-state index contributed by atoms with van der Waals surface area (Å²) in [6.07, 6.45) is 5.61. The normalized spacial score (nSPS) is 13.2. The molecule has 2 heterocycles. The number of rotatable bonds is 26. The first-order valence-electron chi connectivity index (χ1n) is 16.7. The number of hydrogen-bond donors (Lipinski definition) is 2. The third-order valence-corrected chi connectivity index (χ3v) is 7.75. The van der Waals surface area contributed by atoms with Crippen LogP contribution in [-0.2, 0) is 46.1 Å². The number of aromatic nitrogens is 1. The van der Waals surface area contributed by atoms with Gasteiger partial charge >= 0.3 is 11.9 Å². The van der Waals surface area contributed by atoms with Crippen LogP contribution in [0.4, 0.5) is 5.82 Å². The summed E-state index contributed by atoms with van der Waals surface area (Å²) in [5, 5.41) is 12.0. The lowest BCUT2D eigenvalue weighted by Gasteiger charge is -2.24. The predicted octanol–water partition coefficient (Wildman–Crippen LogP) is 3.96. The minimum atomic E-state index is -0.878. The molecule has 1 atom stereocenters. The van der Waals surface area contributed by atoms with E-state index in [1.165, 1.54) is 19.1 Å². The average molecular weight is 660 g/mol. The molecule has 0 radical (unpaired) electrons. The number of carbonyl (C=O) groups is 2. The van der Waals surface area contributed by atoms with Crippen molar-refractivity contribution in [2.45, 2.75) is 50.9 Å². The fraction of sp³-hybridized carbons (Fsp3) is 0.629. The van der Waals surface area contributed by atoms with Gasteiger partial charge in [-0.2, -0.15) is 0 Å². The van der Waals surface area contributed by atoms with Crippen LogP contribution in [0.15, 0.2) is 36.4 Å². The van der Waals surface area contributed by atoms with Crippen molar-refractivity contribution < 1.29 is 43.1 Å². The number of pyridine rings is 1. The Morgan fingerprint density at radius 2 is 1.64 bits per heavy atom. The van der Waals surface area contributed by atoms with E-state index in [1.54, 1.807) is 0 Å². The van der Waals surface area contributed by atoms with Crippen LogP contribution < -0.4 is 10.1 Å². The molecule has 47 heavy (non-hydrogen) atoms. The lowest BCUT2D eigenvalue weighted by molar-refractivity contribution is -0.141. The number of unbranched alkanes of at least 4 members (excludes halogenated alkanes) is 1. The van der Waals surface area contributed by atoms with Crippen molar-refractivity contribution in [3.05, 3.63) is 53.2 Å².